The fourth-order valence-corrected chi connectivity index (χ4v) is 3.59. The van der Waals surface area contributed by atoms with Crippen molar-refractivity contribution in [2.24, 2.45) is 0 Å². The molecule has 4 rings (SSSR count). The first kappa shape index (κ1) is 25.1. The third-order valence-corrected chi connectivity index (χ3v) is 5.48. The molecule has 0 spiro atoms. The molecule has 0 radical (unpaired) electrons. The van der Waals surface area contributed by atoms with Crippen molar-refractivity contribution >= 4 is 28.8 Å². The molecule has 36 heavy (non-hydrogen) atoms. The maximum Gasteiger partial charge on any atom is 0.247 e. The molecule has 188 valence electrons. The molecule has 10 heteroatoms. The van der Waals surface area contributed by atoms with E-state index < -0.39 is 0 Å². The Bertz CT molecular complexity index is 1240. The Labute approximate surface area is 210 Å². The van der Waals surface area contributed by atoms with Crippen molar-refractivity contribution in [2.45, 2.75) is 19.6 Å². The average molecular weight is 490 g/mol. The van der Waals surface area contributed by atoms with Gasteiger partial charge in [-0.15, -0.1) is 0 Å². The van der Waals surface area contributed by atoms with Crippen molar-refractivity contribution in [3.63, 3.8) is 0 Å². The summed E-state index contributed by atoms with van der Waals surface area (Å²) in [6, 6.07) is 7.46. The molecule has 1 aromatic carbocycles. The van der Waals surface area contributed by atoms with Crippen LogP contribution < -0.4 is 15.4 Å². The standard InChI is InChI=1S/C26H31N7O3/c1-4-24(34)29-21-7-5-6-19(14-21)18-36-25-23(20-8-12-35-13-9-20)16-27-26(31-25)30-22-15-28-33(17-22)11-10-32(2)3/h4-8,14-17H,1,9-13,18H2,2-3H3,(H,29,34)(H,27,30,31). The summed E-state index contributed by atoms with van der Waals surface area (Å²) in [5, 5.41) is 10.4. The van der Waals surface area contributed by atoms with E-state index in [0.29, 0.717) is 30.7 Å². The van der Waals surface area contributed by atoms with Crippen LogP contribution in [0.4, 0.5) is 17.3 Å². The highest BCUT2D eigenvalue weighted by molar-refractivity contribution is 5.98. The summed E-state index contributed by atoms with van der Waals surface area (Å²) < 4.78 is 13.5. The Hall–Kier alpha value is -4.02. The van der Waals surface area contributed by atoms with Crippen LogP contribution in [-0.4, -0.2) is 64.4 Å². The van der Waals surface area contributed by atoms with Crippen molar-refractivity contribution in [1.82, 2.24) is 24.6 Å². The number of hydrogen-bond donors (Lipinski definition) is 2. The quantitative estimate of drug-likeness (QED) is 0.394. The van der Waals surface area contributed by atoms with Gasteiger partial charge in [-0.2, -0.15) is 10.1 Å². The van der Waals surface area contributed by atoms with Crippen LogP contribution >= 0.6 is 0 Å². The first-order valence-corrected chi connectivity index (χ1v) is 11.7. The Morgan fingerprint density at radius 1 is 1.31 bits per heavy atom. The van der Waals surface area contributed by atoms with Gasteiger partial charge in [-0.3, -0.25) is 9.48 Å². The topological polar surface area (TPSA) is 106 Å². The number of likely N-dealkylation sites (N-methyl/N-ethyl adjacent to an activating group) is 1. The number of anilines is 3. The van der Waals surface area contributed by atoms with Crippen LogP contribution in [0.1, 0.15) is 17.5 Å². The molecule has 0 saturated carbocycles. The van der Waals surface area contributed by atoms with Gasteiger partial charge in [0.05, 0.1) is 37.2 Å². The maximum atomic E-state index is 11.6. The SMILES string of the molecule is C=CC(=O)Nc1cccc(COc2nc(Nc3cnn(CCN(C)C)c3)ncc2C2=CCOCC2)c1. The summed E-state index contributed by atoms with van der Waals surface area (Å²) in [7, 11) is 4.06. The van der Waals surface area contributed by atoms with Gasteiger partial charge >= 0.3 is 0 Å². The molecular weight excluding hydrogens is 458 g/mol. The minimum Gasteiger partial charge on any atom is -0.472 e. The van der Waals surface area contributed by atoms with Gasteiger partial charge in [-0.05, 0) is 49.9 Å². The summed E-state index contributed by atoms with van der Waals surface area (Å²) in [6.07, 6.45) is 9.47. The number of carbonyl (C=O) groups excluding carboxylic acids is 1. The minimum absolute atomic E-state index is 0.265. The molecule has 1 amide bonds. The van der Waals surface area contributed by atoms with Crippen molar-refractivity contribution in [3.8, 4) is 5.88 Å². The second-order valence-electron chi connectivity index (χ2n) is 8.57. The van der Waals surface area contributed by atoms with Crippen molar-refractivity contribution in [2.75, 3.05) is 44.5 Å². The lowest BCUT2D eigenvalue weighted by atomic mass is 10.0. The molecular formula is C26H31N7O3. The second-order valence-corrected chi connectivity index (χ2v) is 8.57. The van der Waals surface area contributed by atoms with Crippen LogP contribution in [0.5, 0.6) is 5.88 Å². The highest BCUT2D eigenvalue weighted by Gasteiger charge is 2.16. The third kappa shape index (κ3) is 7.00. The molecule has 3 heterocycles. The van der Waals surface area contributed by atoms with Crippen molar-refractivity contribution in [3.05, 3.63) is 72.7 Å². The van der Waals surface area contributed by atoms with Gasteiger partial charge in [0.1, 0.15) is 6.61 Å². The second kappa shape index (κ2) is 12.1. The van der Waals surface area contributed by atoms with Crippen LogP contribution in [0.3, 0.4) is 0 Å². The van der Waals surface area contributed by atoms with E-state index in [1.165, 1.54) is 6.08 Å². The van der Waals surface area contributed by atoms with E-state index in [4.69, 9.17) is 9.47 Å². The molecule has 2 N–H and O–H groups in total. The Kier molecular flexibility index (Phi) is 8.43. The molecule has 3 aromatic rings. The summed E-state index contributed by atoms with van der Waals surface area (Å²) in [5.41, 5.74) is 4.28. The van der Waals surface area contributed by atoms with Gasteiger partial charge in [0.2, 0.25) is 17.7 Å². The van der Waals surface area contributed by atoms with Gasteiger partial charge < -0.3 is 25.0 Å². The van der Waals surface area contributed by atoms with Gasteiger partial charge in [0.15, 0.2) is 0 Å². The molecule has 1 aliphatic heterocycles. The van der Waals surface area contributed by atoms with E-state index in [1.807, 2.05) is 55.3 Å². The maximum absolute atomic E-state index is 11.6. The predicted octanol–water partition coefficient (Wildman–Crippen LogP) is 3.49. The first-order chi connectivity index (χ1) is 17.5. The van der Waals surface area contributed by atoms with Crippen LogP contribution in [0, 0.1) is 0 Å². The monoisotopic (exact) mass is 489 g/mol. The van der Waals surface area contributed by atoms with Gasteiger partial charge in [-0.25, -0.2) is 4.98 Å². The van der Waals surface area contributed by atoms with E-state index in [0.717, 1.165) is 41.9 Å². The molecule has 0 bridgehead atoms. The molecule has 0 atom stereocenters. The summed E-state index contributed by atoms with van der Waals surface area (Å²) >= 11 is 0. The van der Waals surface area contributed by atoms with Crippen LogP contribution in [-0.2, 0) is 22.7 Å². The van der Waals surface area contributed by atoms with Crippen LogP contribution in [0.15, 0.2) is 61.6 Å². The number of nitrogens with zero attached hydrogens (tertiary/aromatic N) is 5. The van der Waals surface area contributed by atoms with E-state index in [9.17, 15) is 4.79 Å². The lowest BCUT2D eigenvalue weighted by Crippen LogP contribution is -2.18. The van der Waals surface area contributed by atoms with Gasteiger partial charge in [-0.1, -0.05) is 24.8 Å². The zero-order valence-corrected chi connectivity index (χ0v) is 20.6. The lowest BCUT2D eigenvalue weighted by Gasteiger charge is -2.17. The normalized spacial score (nSPS) is 13.2. The van der Waals surface area contributed by atoms with Crippen LogP contribution in [0.25, 0.3) is 5.57 Å². The summed E-state index contributed by atoms with van der Waals surface area (Å²) in [6.45, 7) is 6.62. The fraction of sp³-hybridized carbons (Fsp3) is 0.308. The number of benzene rings is 1. The Balaban J connectivity index is 1.52. The molecule has 0 aliphatic carbocycles. The number of rotatable bonds is 11. The molecule has 0 fully saturated rings. The number of amides is 1. The molecule has 0 saturated heterocycles. The fourth-order valence-electron chi connectivity index (χ4n) is 3.59. The highest BCUT2D eigenvalue weighted by Crippen LogP contribution is 2.30. The number of ether oxygens (including phenoxy) is 2. The minimum atomic E-state index is -0.265. The Morgan fingerprint density at radius 2 is 2.19 bits per heavy atom. The smallest absolute Gasteiger partial charge is 0.247 e. The molecule has 10 nitrogen and oxygen atoms in total. The Morgan fingerprint density at radius 3 is 2.97 bits per heavy atom. The van der Waals surface area contributed by atoms with E-state index >= 15 is 0 Å². The molecule has 0 unspecified atom stereocenters. The number of aromatic nitrogens is 4. The molecule has 2 aromatic heterocycles. The number of carbonyl (C=O) groups is 1. The third-order valence-electron chi connectivity index (χ3n) is 5.48. The highest BCUT2D eigenvalue weighted by atomic mass is 16.5. The lowest BCUT2D eigenvalue weighted by molar-refractivity contribution is -0.111. The van der Waals surface area contributed by atoms with Gasteiger partial charge in [0.25, 0.3) is 0 Å². The van der Waals surface area contributed by atoms with Crippen molar-refractivity contribution < 1.29 is 14.3 Å². The summed E-state index contributed by atoms with van der Waals surface area (Å²) in [4.78, 5) is 22.9. The van der Waals surface area contributed by atoms with Crippen molar-refractivity contribution in [1.29, 1.82) is 0 Å². The number of nitrogens with one attached hydrogen (secondary N) is 2. The van der Waals surface area contributed by atoms with Gasteiger partial charge in [0, 0.05) is 24.6 Å². The zero-order valence-electron chi connectivity index (χ0n) is 20.6. The van der Waals surface area contributed by atoms with Crippen LogP contribution in [0.2, 0.25) is 0 Å². The molecule has 1 aliphatic rings. The predicted molar refractivity (Wildman–Crippen MR) is 139 cm³/mol. The van der Waals surface area contributed by atoms with E-state index in [1.54, 1.807) is 12.4 Å². The summed E-state index contributed by atoms with van der Waals surface area (Å²) in [5.74, 6) is 0.625. The first-order valence-electron chi connectivity index (χ1n) is 11.7. The number of hydrogen-bond acceptors (Lipinski definition) is 8. The largest absolute Gasteiger partial charge is 0.472 e. The average Bonchev–Trinajstić information content (AvgIpc) is 3.34. The van der Waals surface area contributed by atoms with E-state index in [2.05, 4.69) is 37.2 Å². The van der Waals surface area contributed by atoms with E-state index in [-0.39, 0.29) is 12.5 Å². The zero-order chi connectivity index (χ0) is 25.3.